The second kappa shape index (κ2) is 4.92. The fourth-order valence-corrected chi connectivity index (χ4v) is 1.88. The van der Waals surface area contributed by atoms with Crippen molar-refractivity contribution in [2.75, 3.05) is 17.7 Å². The molecule has 0 unspecified atom stereocenters. The number of anilines is 2. The van der Waals surface area contributed by atoms with Crippen LogP contribution in [0.15, 0.2) is 24.4 Å². The molecule has 17 heavy (non-hydrogen) atoms. The van der Waals surface area contributed by atoms with Crippen molar-refractivity contribution in [2.24, 2.45) is 0 Å². The van der Waals surface area contributed by atoms with Crippen molar-refractivity contribution in [1.29, 1.82) is 0 Å². The normalized spacial score (nSPS) is 10.0. The van der Waals surface area contributed by atoms with Crippen LogP contribution in [0, 0.1) is 6.92 Å². The van der Waals surface area contributed by atoms with Crippen molar-refractivity contribution in [3.63, 3.8) is 0 Å². The molecule has 0 fully saturated rings. The number of nitrogens with zero attached hydrogens (tertiary/aromatic N) is 2. The van der Waals surface area contributed by atoms with Crippen molar-refractivity contribution in [1.82, 2.24) is 9.59 Å². The monoisotopic (exact) mass is 248 g/mol. The van der Waals surface area contributed by atoms with Gasteiger partial charge >= 0.3 is 0 Å². The summed E-state index contributed by atoms with van der Waals surface area (Å²) in [7, 11) is 1.79. The van der Waals surface area contributed by atoms with Gasteiger partial charge in [-0.15, -0.1) is 5.10 Å². The number of aromatic nitrogens is 2. The first-order valence-corrected chi connectivity index (χ1v) is 5.85. The largest absolute Gasteiger partial charge is 0.387 e. The predicted octanol–water partition coefficient (Wildman–Crippen LogP) is 2.14. The minimum absolute atomic E-state index is 0.163. The van der Waals surface area contributed by atoms with E-state index in [2.05, 4.69) is 20.2 Å². The second-order valence-corrected chi connectivity index (χ2v) is 4.32. The lowest BCUT2D eigenvalue weighted by Gasteiger charge is -2.09. The van der Waals surface area contributed by atoms with E-state index in [0.29, 0.717) is 10.6 Å². The van der Waals surface area contributed by atoms with E-state index in [1.807, 2.05) is 25.1 Å². The summed E-state index contributed by atoms with van der Waals surface area (Å²) in [5, 5.41) is 10.1. The van der Waals surface area contributed by atoms with Crippen LogP contribution in [0.3, 0.4) is 0 Å². The molecule has 0 aliphatic rings. The van der Waals surface area contributed by atoms with Gasteiger partial charge in [0, 0.05) is 24.3 Å². The topological polar surface area (TPSA) is 66.9 Å². The Labute approximate surface area is 103 Å². The smallest absolute Gasteiger partial charge is 0.258 e. The molecule has 1 aromatic heterocycles. The molecule has 0 bridgehead atoms. The van der Waals surface area contributed by atoms with E-state index in [-0.39, 0.29) is 5.91 Å². The molecule has 2 N–H and O–H groups in total. The van der Waals surface area contributed by atoms with Gasteiger partial charge in [0.05, 0.1) is 11.8 Å². The Kier molecular flexibility index (Phi) is 3.34. The van der Waals surface area contributed by atoms with Crippen LogP contribution in [-0.4, -0.2) is 22.5 Å². The molecule has 1 amide bonds. The molecule has 0 aliphatic heterocycles. The van der Waals surface area contributed by atoms with E-state index in [0.717, 1.165) is 22.8 Å². The minimum atomic E-state index is -0.163. The van der Waals surface area contributed by atoms with E-state index in [1.165, 1.54) is 6.20 Å². The summed E-state index contributed by atoms with van der Waals surface area (Å²) in [5.41, 5.74) is 2.45. The summed E-state index contributed by atoms with van der Waals surface area (Å²) in [4.78, 5) is 12.0. The predicted molar refractivity (Wildman–Crippen MR) is 68.6 cm³/mol. The summed E-state index contributed by atoms with van der Waals surface area (Å²) in [6.07, 6.45) is 1.53. The zero-order valence-electron chi connectivity index (χ0n) is 9.52. The minimum Gasteiger partial charge on any atom is -0.387 e. The van der Waals surface area contributed by atoms with Crippen LogP contribution in [0.4, 0.5) is 10.7 Å². The molecule has 0 saturated carbocycles. The number of hydrogen-bond acceptors (Lipinski definition) is 5. The van der Waals surface area contributed by atoms with E-state index in [4.69, 9.17) is 0 Å². The highest BCUT2D eigenvalue weighted by molar-refractivity contribution is 7.10. The van der Waals surface area contributed by atoms with Crippen molar-refractivity contribution >= 4 is 28.1 Å². The van der Waals surface area contributed by atoms with E-state index in [1.54, 1.807) is 7.05 Å². The molecule has 0 radical (unpaired) electrons. The van der Waals surface area contributed by atoms with Crippen molar-refractivity contribution < 1.29 is 4.79 Å². The number of aryl methyl sites for hydroxylation is 1. The van der Waals surface area contributed by atoms with Gasteiger partial charge in [-0.1, -0.05) is 16.1 Å². The van der Waals surface area contributed by atoms with E-state index >= 15 is 0 Å². The second-order valence-electron chi connectivity index (χ2n) is 3.53. The van der Waals surface area contributed by atoms with Crippen LogP contribution >= 0.6 is 11.5 Å². The van der Waals surface area contributed by atoms with E-state index in [9.17, 15) is 4.79 Å². The summed E-state index contributed by atoms with van der Waals surface area (Å²) < 4.78 is 3.69. The molecular formula is C11H12N4OS. The first-order chi connectivity index (χ1) is 8.20. The average Bonchev–Trinajstić information content (AvgIpc) is 2.81. The standard InChI is InChI=1S/C11H12N4OS/c1-7-3-4-9(12-2)8(5-7)11(16)14-10-6-13-15-17-10/h3-6,12H,1-2H3,(H,14,16). The maximum absolute atomic E-state index is 12.0. The van der Waals surface area contributed by atoms with Gasteiger partial charge in [0.2, 0.25) is 0 Å². The maximum Gasteiger partial charge on any atom is 0.258 e. The summed E-state index contributed by atoms with van der Waals surface area (Å²) in [6, 6.07) is 5.68. The average molecular weight is 248 g/mol. The summed E-state index contributed by atoms with van der Waals surface area (Å²) in [6.45, 7) is 1.95. The van der Waals surface area contributed by atoms with Gasteiger partial charge in [-0.05, 0) is 19.1 Å². The number of amides is 1. The highest BCUT2D eigenvalue weighted by Gasteiger charge is 2.12. The number of hydrogen-bond donors (Lipinski definition) is 2. The fraction of sp³-hybridized carbons (Fsp3) is 0.182. The Morgan fingerprint density at radius 2 is 2.24 bits per heavy atom. The van der Waals surface area contributed by atoms with Crippen LogP contribution < -0.4 is 10.6 Å². The van der Waals surface area contributed by atoms with Gasteiger partial charge in [-0.2, -0.15) is 0 Å². The Balaban J connectivity index is 2.26. The number of rotatable bonds is 3. The molecule has 88 valence electrons. The summed E-state index contributed by atoms with van der Waals surface area (Å²) >= 11 is 1.15. The quantitative estimate of drug-likeness (QED) is 0.873. The zero-order valence-corrected chi connectivity index (χ0v) is 10.3. The first-order valence-electron chi connectivity index (χ1n) is 5.08. The Morgan fingerprint density at radius 3 is 2.88 bits per heavy atom. The van der Waals surface area contributed by atoms with Crippen LogP contribution in [0.1, 0.15) is 15.9 Å². The fourth-order valence-electron chi connectivity index (χ4n) is 1.47. The van der Waals surface area contributed by atoms with Gasteiger partial charge in [0.15, 0.2) is 0 Å². The lowest BCUT2D eigenvalue weighted by molar-refractivity contribution is 0.102. The molecule has 5 nitrogen and oxygen atoms in total. The third-order valence-corrected chi connectivity index (χ3v) is 2.87. The molecule has 2 aromatic rings. The lowest BCUT2D eigenvalue weighted by Crippen LogP contribution is -2.13. The molecule has 1 aromatic carbocycles. The Morgan fingerprint density at radius 1 is 1.41 bits per heavy atom. The van der Waals surface area contributed by atoms with Gasteiger partial charge in [0.1, 0.15) is 5.00 Å². The molecule has 0 atom stereocenters. The highest BCUT2D eigenvalue weighted by Crippen LogP contribution is 2.19. The van der Waals surface area contributed by atoms with Gasteiger partial charge in [-0.3, -0.25) is 4.79 Å². The zero-order chi connectivity index (χ0) is 12.3. The number of carbonyl (C=O) groups is 1. The SMILES string of the molecule is CNc1ccc(C)cc1C(=O)Nc1cnns1. The van der Waals surface area contributed by atoms with Crippen molar-refractivity contribution in [3.05, 3.63) is 35.5 Å². The van der Waals surface area contributed by atoms with Crippen molar-refractivity contribution in [2.45, 2.75) is 6.92 Å². The maximum atomic E-state index is 12.0. The van der Waals surface area contributed by atoms with Gasteiger partial charge in [0.25, 0.3) is 5.91 Å². The molecule has 0 aliphatic carbocycles. The molecule has 2 rings (SSSR count). The summed E-state index contributed by atoms with van der Waals surface area (Å²) in [5.74, 6) is -0.163. The van der Waals surface area contributed by atoms with Crippen molar-refractivity contribution in [3.8, 4) is 0 Å². The Bertz CT molecular complexity index is 524. The highest BCUT2D eigenvalue weighted by atomic mass is 32.1. The van der Waals surface area contributed by atoms with Gasteiger partial charge < -0.3 is 10.6 Å². The van der Waals surface area contributed by atoms with Crippen LogP contribution in [-0.2, 0) is 0 Å². The molecular weight excluding hydrogens is 236 g/mol. The lowest BCUT2D eigenvalue weighted by atomic mass is 10.1. The van der Waals surface area contributed by atoms with Crippen LogP contribution in [0.2, 0.25) is 0 Å². The van der Waals surface area contributed by atoms with E-state index < -0.39 is 0 Å². The molecule has 0 spiro atoms. The van der Waals surface area contributed by atoms with Crippen LogP contribution in [0.5, 0.6) is 0 Å². The third kappa shape index (κ3) is 2.59. The van der Waals surface area contributed by atoms with Crippen LogP contribution in [0.25, 0.3) is 0 Å². The number of benzene rings is 1. The molecule has 0 saturated heterocycles. The number of carbonyl (C=O) groups excluding carboxylic acids is 1. The van der Waals surface area contributed by atoms with Gasteiger partial charge in [-0.25, -0.2) is 0 Å². The number of nitrogens with one attached hydrogen (secondary N) is 2. The Hall–Kier alpha value is -1.95. The first kappa shape index (κ1) is 11.5. The molecule has 6 heteroatoms. The molecule has 1 heterocycles. The third-order valence-electron chi connectivity index (χ3n) is 2.29.